The number of aliphatic hydroxyl groups excluding tert-OH is 2. The summed E-state index contributed by atoms with van der Waals surface area (Å²) < 4.78 is 5.42. The van der Waals surface area contributed by atoms with Crippen molar-refractivity contribution in [2.24, 2.45) is 0 Å². The number of amides is 1. The average molecular weight is 786 g/mol. The van der Waals surface area contributed by atoms with Crippen LogP contribution in [-0.2, 0) is 14.3 Å². The van der Waals surface area contributed by atoms with Gasteiger partial charge in [-0.05, 0) is 89.9 Å². The molecule has 0 bridgehead atoms. The van der Waals surface area contributed by atoms with Crippen molar-refractivity contribution < 1.29 is 24.5 Å². The molecule has 0 fully saturated rings. The molecule has 2 unspecified atom stereocenters. The van der Waals surface area contributed by atoms with Crippen LogP contribution in [0.4, 0.5) is 0 Å². The SMILES string of the molecule is CCC/C=C\C/C=C\CCCCCCCC(=O)OCCCCC/C=C\C/C=C\CCCCCCCCCC(=O)NC(CO)C(O)CCCCCCCCCCC. The molecule has 0 aliphatic rings. The van der Waals surface area contributed by atoms with Crippen molar-refractivity contribution >= 4 is 11.9 Å². The first-order valence-electron chi connectivity index (χ1n) is 23.9. The van der Waals surface area contributed by atoms with Gasteiger partial charge in [-0.3, -0.25) is 9.59 Å². The molecule has 56 heavy (non-hydrogen) atoms. The van der Waals surface area contributed by atoms with E-state index >= 15 is 0 Å². The summed E-state index contributed by atoms with van der Waals surface area (Å²) in [6.07, 6.45) is 55.1. The molecule has 3 N–H and O–H groups in total. The molecular formula is C50H91NO5. The van der Waals surface area contributed by atoms with Crippen LogP contribution in [0, 0.1) is 0 Å². The molecule has 0 aliphatic heterocycles. The van der Waals surface area contributed by atoms with Gasteiger partial charge in [0.15, 0.2) is 0 Å². The van der Waals surface area contributed by atoms with Gasteiger partial charge in [-0.15, -0.1) is 0 Å². The van der Waals surface area contributed by atoms with Crippen molar-refractivity contribution in [2.75, 3.05) is 13.2 Å². The lowest BCUT2D eigenvalue weighted by Crippen LogP contribution is -2.45. The minimum atomic E-state index is -0.673. The molecule has 0 saturated carbocycles. The second-order valence-corrected chi connectivity index (χ2v) is 16.1. The molecule has 0 heterocycles. The summed E-state index contributed by atoms with van der Waals surface area (Å²) in [5.41, 5.74) is 0. The molecule has 2 atom stereocenters. The quantitative estimate of drug-likeness (QED) is 0.0325. The van der Waals surface area contributed by atoms with Gasteiger partial charge < -0.3 is 20.3 Å². The molecule has 0 saturated heterocycles. The topological polar surface area (TPSA) is 95.9 Å². The van der Waals surface area contributed by atoms with Crippen LogP contribution in [0.1, 0.15) is 232 Å². The highest BCUT2D eigenvalue weighted by atomic mass is 16.5. The maximum Gasteiger partial charge on any atom is 0.305 e. The monoisotopic (exact) mass is 786 g/mol. The fourth-order valence-corrected chi connectivity index (χ4v) is 6.88. The highest BCUT2D eigenvalue weighted by Crippen LogP contribution is 2.14. The predicted molar refractivity (Wildman–Crippen MR) is 241 cm³/mol. The van der Waals surface area contributed by atoms with E-state index in [1.54, 1.807) is 0 Å². The Kier molecular flexibility index (Phi) is 43.7. The van der Waals surface area contributed by atoms with Crippen LogP contribution in [0.15, 0.2) is 48.6 Å². The van der Waals surface area contributed by atoms with Gasteiger partial charge in [0, 0.05) is 12.8 Å². The molecule has 0 radical (unpaired) electrons. The Balaban J connectivity index is 3.51. The van der Waals surface area contributed by atoms with Crippen molar-refractivity contribution in [3.63, 3.8) is 0 Å². The normalized spacial score (nSPS) is 13.1. The minimum Gasteiger partial charge on any atom is -0.466 e. The van der Waals surface area contributed by atoms with Gasteiger partial charge in [-0.1, -0.05) is 178 Å². The largest absolute Gasteiger partial charge is 0.466 e. The van der Waals surface area contributed by atoms with Crippen LogP contribution < -0.4 is 5.32 Å². The van der Waals surface area contributed by atoms with Gasteiger partial charge in [0.1, 0.15) is 0 Å². The number of hydrogen-bond donors (Lipinski definition) is 3. The van der Waals surface area contributed by atoms with Crippen molar-refractivity contribution in [2.45, 2.75) is 244 Å². The Hall–Kier alpha value is -2.18. The zero-order valence-corrected chi connectivity index (χ0v) is 36.8. The molecule has 0 aliphatic carbocycles. The van der Waals surface area contributed by atoms with E-state index in [2.05, 4.69) is 67.8 Å². The van der Waals surface area contributed by atoms with Gasteiger partial charge in [-0.25, -0.2) is 0 Å². The maximum absolute atomic E-state index is 12.4. The van der Waals surface area contributed by atoms with Crippen LogP contribution in [0.25, 0.3) is 0 Å². The molecular weight excluding hydrogens is 695 g/mol. The van der Waals surface area contributed by atoms with Crippen molar-refractivity contribution in [3.8, 4) is 0 Å². The van der Waals surface area contributed by atoms with E-state index in [-0.39, 0.29) is 18.5 Å². The number of rotatable bonds is 43. The summed E-state index contributed by atoms with van der Waals surface area (Å²) in [7, 11) is 0. The molecule has 0 spiro atoms. The lowest BCUT2D eigenvalue weighted by molar-refractivity contribution is -0.143. The third-order valence-electron chi connectivity index (χ3n) is 10.6. The highest BCUT2D eigenvalue weighted by molar-refractivity contribution is 5.76. The number of allylic oxidation sites excluding steroid dienone is 8. The molecule has 326 valence electrons. The fourth-order valence-electron chi connectivity index (χ4n) is 6.88. The van der Waals surface area contributed by atoms with E-state index in [0.29, 0.717) is 25.9 Å². The number of hydrogen-bond acceptors (Lipinski definition) is 5. The van der Waals surface area contributed by atoms with E-state index < -0.39 is 12.1 Å². The summed E-state index contributed by atoms with van der Waals surface area (Å²) in [6, 6.07) is -0.552. The van der Waals surface area contributed by atoms with Gasteiger partial charge in [0.05, 0.1) is 25.4 Å². The maximum atomic E-state index is 12.4. The lowest BCUT2D eigenvalue weighted by atomic mass is 10.0. The van der Waals surface area contributed by atoms with E-state index in [4.69, 9.17) is 4.74 Å². The van der Waals surface area contributed by atoms with E-state index in [9.17, 15) is 19.8 Å². The number of unbranched alkanes of at least 4 members (excludes halogenated alkanes) is 24. The fraction of sp³-hybridized carbons (Fsp3) is 0.800. The molecule has 6 heteroatoms. The molecule has 0 rings (SSSR count). The Bertz CT molecular complexity index is 957. The summed E-state index contributed by atoms with van der Waals surface area (Å²) in [6.45, 7) is 4.79. The number of esters is 1. The smallest absolute Gasteiger partial charge is 0.305 e. The minimum absolute atomic E-state index is 0.0322. The lowest BCUT2D eigenvalue weighted by Gasteiger charge is -2.22. The molecule has 6 nitrogen and oxygen atoms in total. The summed E-state index contributed by atoms with van der Waals surface area (Å²) in [5.74, 6) is -0.0883. The molecule has 0 aromatic rings. The second kappa shape index (κ2) is 45.5. The van der Waals surface area contributed by atoms with Crippen LogP contribution in [0.5, 0.6) is 0 Å². The third kappa shape index (κ3) is 41.5. The first-order chi connectivity index (χ1) is 27.5. The number of carbonyl (C=O) groups is 2. The summed E-state index contributed by atoms with van der Waals surface area (Å²) >= 11 is 0. The number of ether oxygens (including phenoxy) is 1. The average Bonchev–Trinajstić information content (AvgIpc) is 3.20. The van der Waals surface area contributed by atoms with Crippen LogP contribution in [0.2, 0.25) is 0 Å². The Morgan fingerprint density at radius 2 is 0.929 bits per heavy atom. The van der Waals surface area contributed by atoms with Gasteiger partial charge >= 0.3 is 5.97 Å². The van der Waals surface area contributed by atoms with Gasteiger partial charge in [0.2, 0.25) is 5.91 Å². The Morgan fingerprint density at radius 3 is 1.43 bits per heavy atom. The van der Waals surface area contributed by atoms with E-state index in [1.807, 2.05) is 0 Å². The Labute approximate surface area is 346 Å². The van der Waals surface area contributed by atoms with Crippen LogP contribution in [0.3, 0.4) is 0 Å². The predicted octanol–water partition coefficient (Wildman–Crippen LogP) is 13.9. The van der Waals surface area contributed by atoms with Gasteiger partial charge in [-0.2, -0.15) is 0 Å². The van der Waals surface area contributed by atoms with Crippen molar-refractivity contribution in [1.82, 2.24) is 5.32 Å². The van der Waals surface area contributed by atoms with E-state index in [0.717, 1.165) is 96.3 Å². The molecule has 1 amide bonds. The van der Waals surface area contributed by atoms with E-state index in [1.165, 1.54) is 103 Å². The number of carbonyl (C=O) groups excluding carboxylic acids is 2. The van der Waals surface area contributed by atoms with Gasteiger partial charge in [0.25, 0.3) is 0 Å². The zero-order valence-electron chi connectivity index (χ0n) is 36.8. The highest BCUT2D eigenvalue weighted by Gasteiger charge is 2.20. The zero-order chi connectivity index (χ0) is 40.8. The first-order valence-corrected chi connectivity index (χ1v) is 23.9. The van der Waals surface area contributed by atoms with Crippen molar-refractivity contribution in [1.29, 1.82) is 0 Å². The second-order valence-electron chi connectivity index (χ2n) is 16.1. The van der Waals surface area contributed by atoms with Crippen LogP contribution in [-0.4, -0.2) is 47.4 Å². The number of aliphatic hydroxyl groups is 2. The molecule has 0 aromatic heterocycles. The summed E-state index contributed by atoms with van der Waals surface area (Å²) in [5, 5.41) is 23.0. The molecule has 0 aromatic carbocycles. The third-order valence-corrected chi connectivity index (χ3v) is 10.6. The standard InChI is InChI=1S/C50H91NO5/c1-3-5-7-9-11-13-14-20-24-28-32-36-40-44-50(55)56-45-41-37-33-29-25-22-19-17-15-16-18-21-23-27-31-35-39-43-49(54)51-47(46-52)48(53)42-38-34-30-26-12-10-8-6-4-2/h7,9,13-15,17,22,25,47-48,52-53H,3-6,8,10-12,16,18-21,23-24,26-46H2,1-2H3,(H,51,54)/b9-7-,14-13-,17-15-,25-22-. The first kappa shape index (κ1) is 53.8. The van der Waals surface area contributed by atoms with Crippen LogP contribution >= 0.6 is 0 Å². The number of nitrogens with one attached hydrogen (secondary N) is 1. The Morgan fingerprint density at radius 1 is 0.500 bits per heavy atom. The summed E-state index contributed by atoms with van der Waals surface area (Å²) in [4.78, 5) is 24.3. The van der Waals surface area contributed by atoms with Crippen molar-refractivity contribution in [3.05, 3.63) is 48.6 Å².